The van der Waals surface area contributed by atoms with Gasteiger partial charge in [-0.05, 0) is 24.1 Å². The Bertz CT molecular complexity index is 817. The van der Waals surface area contributed by atoms with Crippen LogP contribution in [0.3, 0.4) is 0 Å². The minimum Gasteiger partial charge on any atom is -0.495 e. The molecule has 1 fully saturated rings. The molecule has 1 aliphatic heterocycles. The maximum atomic E-state index is 13.1. The van der Waals surface area contributed by atoms with Gasteiger partial charge in [-0.2, -0.15) is 0 Å². The first-order valence-electron chi connectivity index (χ1n) is 9.28. The van der Waals surface area contributed by atoms with Crippen LogP contribution in [0.25, 0.3) is 0 Å². The Balaban J connectivity index is 1.64. The highest BCUT2D eigenvalue weighted by molar-refractivity contribution is 6.32. The largest absolute Gasteiger partial charge is 0.495 e. The zero-order chi connectivity index (χ0) is 20.6. The van der Waals surface area contributed by atoms with Gasteiger partial charge in [0.25, 0.3) is 6.47 Å². The lowest BCUT2D eigenvalue weighted by atomic mass is 10.2. The second-order valence-corrected chi connectivity index (χ2v) is 7.07. The molecule has 0 aromatic heterocycles. The van der Waals surface area contributed by atoms with E-state index in [0.717, 1.165) is 18.5 Å². The van der Waals surface area contributed by atoms with Crippen molar-refractivity contribution in [2.24, 2.45) is 0 Å². The van der Waals surface area contributed by atoms with Crippen LogP contribution in [-0.2, 0) is 16.1 Å². The summed E-state index contributed by atoms with van der Waals surface area (Å²) >= 11 is 6.08. The minimum absolute atomic E-state index is 0.177. The van der Waals surface area contributed by atoms with Gasteiger partial charge < -0.3 is 18.9 Å². The van der Waals surface area contributed by atoms with Crippen molar-refractivity contribution in [1.29, 1.82) is 0 Å². The van der Waals surface area contributed by atoms with Crippen molar-refractivity contribution in [1.82, 2.24) is 4.90 Å². The fourth-order valence-corrected chi connectivity index (χ4v) is 3.41. The third kappa shape index (κ3) is 6.06. The van der Waals surface area contributed by atoms with Gasteiger partial charge in [0, 0.05) is 38.4 Å². The Morgan fingerprint density at radius 1 is 1.24 bits per heavy atom. The van der Waals surface area contributed by atoms with Crippen molar-refractivity contribution < 1.29 is 28.1 Å². The first-order valence-corrected chi connectivity index (χ1v) is 9.66. The molecular formula is C21H23ClFNO5. The van der Waals surface area contributed by atoms with Gasteiger partial charge in [-0.15, -0.1) is 0 Å². The number of halogens is 2. The lowest BCUT2D eigenvalue weighted by Gasteiger charge is -2.24. The summed E-state index contributed by atoms with van der Waals surface area (Å²) in [5.41, 5.74) is 1.04. The van der Waals surface area contributed by atoms with E-state index in [1.165, 1.54) is 25.3 Å². The Hall–Kier alpha value is -2.35. The summed E-state index contributed by atoms with van der Waals surface area (Å²) in [6.45, 7) is 3.44. The summed E-state index contributed by atoms with van der Waals surface area (Å²) in [6, 6.07) is 9.55. The van der Waals surface area contributed by atoms with Crippen LogP contribution in [0.5, 0.6) is 17.2 Å². The van der Waals surface area contributed by atoms with Gasteiger partial charge in [0.15, 0.2) is 11.5 Å². The Morgan fingerprint density at radius 3 is 2.76 bits per heavy atom. The molecule has 3 rings (SSSR count). The van der Waals surface area contributed by atoms with Crippen molar-refractivity contribution in [2.75, 3.05) is 33.4 Å². The van der Waals surface area contributed by atoms with Crippen molar-refractivity contribution in [3.63, 3.8) is 0 Å². The monoisotopic (exact) mass is 423 g/mol. The lowest BCUT2D eigenvalue weighted by molar-refractivity contribution is -0.120. The lowest BCUT2D eigenvalue weighted by Crippen LogP contribution is -2.35. The Morgan fingerprint density at radius 2 is 2.03 bits per heavy atom. The van der Waals surface area contributed by atoms with Crippen LogP contribution in [0, 0.1) is 5.82 Å². The number of methoxy groups -OCH3 is 1. The number of carbonyl (C=O) groups excluding carboxylic acids is 1. The Labute approximate surface area is 174 Å². The highest BCUT2D eigenvalue weighted by Gasteiger charge is 2.21. The number of rotatable bonds is 8. The predicted octanol–water partition coefficient (Wildman–Crippen LogP) is 3.69. The molecule has 0 N–H and O–H groups in total. The van der Waals surface area contributed by atoms with Crippen molar-refractivity contribution >= 4 is 18.1 Å². The molecule has 1 aliphatic rings. The van der Waals surface area contributed by atoms with Crippen LogP contribution >= 0.6 is 11.6 Å². The third-order valence-electron chi connectivity index (χ3n) is 4.57. The standard InChI is InChI=1S/C21H23ClFNO5/c1-26-19-10-21(20(29-14-25)9-18(19)22)28-13-17-12-24(7-2-8-27-17)11-15-3-5-16(23)6-4-15/h3-6,9-10,14,17H,2,7-8,11-13H2,1H3. The first kappa shape index (κ1) is 21.4. The molecule has 1 heterocycles. The van der Waals surface area contributed by atoms with Crippen molar-refractivity contribution in [3.8, 4) is 17.2 Å². The molecule has 1 unspecified atom stereocenters. The molecule has 29 heavy (non-hydrogen) atoms. The smallest absolute Gasteiger partial charge is 0.298 e. The van der Waals surface area contributed by atoms with Gasteiger partial charge in [-0.3, -0.25) is 9.69 Å². The van der Waals surface area contributed by atoms with Gasteiger partial charge in [-0.25, -0.2) is 4.39 Å². The fourth-order valence-electron chi connectivity index (χ4n) is 3.17. The molecule has 0 amide bonds. The van der Waals surface area contributed by atoms with E-state index in [-0.39, 0.29) is 24.3 Å². The molecule has 0 saturated carbocycles. The number of hydrogen-bond acceptors (Lipinski definition) is 6. The van der Waals surface area contributed by atoms with Crippen LogP contribution in [0.15, 0.2) is 36.4 Å². The molecule has 6 nitrogen and oxygen atoms in total. The topological polar surface area (TPSA) is 57.2 Å². The summed E-state index contributed by atoms with van der Waals surface area (Å²) in [4.78, 5) is 13.0. The number of benzene rings is 2. The zero-order valence-electron chi connectivity index (χ0n) is 16.1. The zero-order valence-corrected chi connectivity index (χ0v) is 16.9. The van der Waals surface area contributed by atoms with Gasteiger partial charge in [-0.1, -0.05) is 23.7 Å². The summed E-state index contributed by atoms with van der Waals surface area (Å²) in [6.07, 6.45) is 0.718. The molecule has 0 bridgehead atoms. The maximum absolute atomic E-state index is 13.1. The van der Waals surface area contributed by atoms with E-state index >= 15 is 0 Å². The van der Waals surface area contributed by atoms with Crippen molar-refractivity contribution in [3.05, 3.63) is 52.8 Å². The highest BCUT2D eigenvalue weighted by Crippen LogP contribution is 2.37. The molecule has 0 spiro atoms. The van der Waals surface area contributed by atoms with Gasteiger partial charge >= 0.3 is 0 Å². The second-order valence-electron chi connectivity index (χ2n) is 6.67. The predicted molar refractivity (Wildman–Crippen MR) is 106 cm³/mol. The van der Waals surface area contributed by atoms with E-state index in [0.29, 0.717) is 42.7 Å². The SMILES string of the molecule is COc1cc(OCC2CN(Cc3ccc(F)cc3)CCCO2)c(OC=O)cc1Cl. The van der Waals surface area contributed by atoms with E-state index in [4.69, 9.17) is 30.5 Å². The van der Waals surface area contributed by atoms with Crippen LogP contribution in [0.2, 0.25) is 5.02 Å². The van der Waals surface area contributed by atoms with Gasteiger partial charge in [0.2, 0.25) is 0 Å². The number of hydrogen-bond donors (Lipinski definition) is 0. The minimum atomic E-state index is -0.244. The molecule has 0 aliphatic carbocycles. The molecule has 2 aromatic rings. The first-order chi connectivity index (χ1) is 14.1. The summed E-state index contributed by atoms with van der Waals surface area (Å²) in [7, 11) is 1.49. The summed E-state index contributed by atoms with van der Waals surface area (Å²) in [5, 5.41) is 0.313. The number of ether oxygens (including phenoxy) is 4. The second kappa shape index (κ2) is 10.4. The van der Waals surface area contributed by atoms with Gasteiger partial charge in [0.05, 0.1) is 12.1 Å². The summed E-state index contributed by atoms with van der Waals surface area (Å²) < 4.78 is 35.1. The molecule has 1 atom stereocenters. The van der Waals surface area contributed by atoms with Crippen LogP contribution in [0.4, 0.5) is 4.39 Å². The van der Waals surface area contributed by atoms with E-state index in [2.05, 4.69) is 4.90 Å². The summed E-state index contributed by atoms with van der Waals surface area (Å²) in [5.74, 6) is 0.726. The molecule has 2 aromatic carbocycles. The molecule has 156 valence electrons. The number of nitrogens with zero attached hydrogens (tertiary/aromatic N) is 1. The van der Waals surface area contributed by atoms with Crippen LogP contribution in [-0.4, -0.2) is 50.9 Å². The fraction of sp³-hybridized carbons (Fsp3) is 0.381. The average Bonchev–Trinajstić information content (AvgIpc) is 2.94. The molecule has 1 saturated heterocycles. The van der Waals surface area contributed by atoms with E-state index < -0.39 is 0 Å². The van der Waals surface area contributed by atoms with Crippen LogP contribution < -0.4 is 14.2 Å². The normalized spacial score (nSPS) is 17.4. The van der Waals surface area contributed by atoms with Crippen molar-refractivity contribution in [2.45, 2.75) is 19.1 Å². The average molecular weight is 424 g/mol. The third-order valence-corrected chi connectivity index (χ3v) is 4.87. The van der Waals surface area contributed by atoms with Crippen LogP contribution in [0.1, 0.15) is 12.0 Å². The number of carbonyl (C=O) groups is 1. The van der Waals surface area contributed by atoms with E-state index in [9.17, 15) is 9.18 Å². The molecule has 8 heteroatoms. The Kier molecular flexibility index (Phi) is 7.69. The van der Waals surface area contributed by atoms with E-state index in [1.807, 2.05) is 0 Å². The quantitative estimate of drug-likeness (QED) is 0.603. The molecule has 0 radical (unpaired) electrons. The highest BCUT2D eigenvalue weighted by atomic mass is 35.5. The van der Waals surface area contributed by atoms with E-state index in [1.54, 1.807) is 18.2 Å². The maximum Gasteiger partial charge on any atom is 0.298 e. The van der Waals surface area contributed by atoms with Gasteiger partial charge in [0.1, 0.15) is 24.3 Å². The molecular weight excluding hydrogens is 401 g/mol.